The van der Waals surface area contributed by atoms with Gasteiger partial charge in [0.05, 0.1) is 11.7 Å². The SMILES string of the molecule is CCNC(c1cccc(CC(C)C)c1)c1cccc(C)n1. The first-order valence-electron chi connectivity index (χ1n) is 7.86. The topological polar surface area (TPSA) is 24.9 Å². The van der Waals surface area contributed by atoms with Crippen LogP contribution in [-0.2, 0) is 6.42 Å². The van der Waals surface area contributed by atoms with E-state index in [9.17, 15) is 0 Å². The van der Waals surface area contributed by atoms with E-state index in [1.54, 1.807) is 0 Å². The fourth-order valence-corrected chi connectivity index (χ4v) is 2.69. The van der Waals surface area contributed by atoms with E-state index in [1.807, 2.05) is 13.0 Å². The van der Waals surface area contributed by atoms with Gasteiger partial charge in [-0.3, -0.25) is 4.98 Å². The van der Waals surface area contributed by atoms with Crippen molar-refractivity contribution < 1.29 is 0 Å². The molecule has 112 valence electrons. The highest BCUT2D eigenvalue weighted by molar-refractivity contribution is 5.32. The van der Waals surface area contributed by atoms with Crippen LogP contribution in [-0.4, -0.2) is 11.5 Å². The maximum Gasteiger partial charge on any atom is 0.0751 e. The standard InChI is InChI=1S/C19H26N2/c1-5-20-19(18-11-6-8-15(4)21-18)17-10-7-9-16(13-17)12-14(2)3/h6-11,13-14,19-20H,5,12H2,1-4H3. The number of hydrogen-bond donors (Lipinski definition) is 1. The molecule has 1 aromatic carbocycles. The van der Waals surface area contributed by atoms with E-state index in [2.05, 4.69) is 62.5 Å². The normalized spacial score (nSPS) is 12.6. The van der Waals surface area contributed by atoms with Gasteiger partial charge >= 0.3 is 0 Å². The highest BCUT2D eigenvalue weighted by atomic mass is 14.9. The van der Waals surface area contributed by atoms with Gasteiger partial charge in [0.2, 0.25) is 0 Å². The molecule has 1 heterocycles. The minimum atomic E-state index is 0.169. The minimum absolute atomic E-state index is 0.169. The monoisotopic (exact) mass is 282 g/mol. The predicted octanol–water partition coefficient (Wildman–Crippen LogP) is 4.29. The average molecular weight is 282 g/mol. The van der Waals surface area contributed by atoms with Crippen molar-refractivity contribution in [2.75, 3.05) is 6.54 Å². The summed E-state index contributed by atoms with van der Waals surface area (Å²) in [5, 5.41) is 3.56. The van der Waals surface area contributed by atoms with Crippen LogP contribution in [0.2, 0.25) is 0 Å². The molecule has 1 aromatic heterocycles. The second-order valence-electron chi connectivity index (χ2n) is 6.04. The fraction of sp³-hybridized carbons (Fsp3) is 0.421. The first-order chi connectivity index (χ1) is 10.1. The van der Waals surface area contributed by atoms with Crippen LogP contribution in [0, 0.1) is 12.8 Å². The third-order valence-corrected chi connectivity index (χ3v) is 3.54. The Morgan fingerprint density at radius 2 is 1.86 bits per heavy atom. The van der Waals surface area contributed by atoms with Crippen molar-refractivity contribution in [1.82, 2.24) is 10.3 Å². The molecule has 0 amide bonds. The summed E-state index contributed by atoms with van der Waals surface area (Å²) in [4.78, 5) is 4.70. The van der Waals surface area contributed by atoms with Crippen molar-refractivity contribution in [3.05, 3.63) is 65.0 Å². The Balaban J connectivity index is 2.34. The number of benzene rings is 1. The molecular weight excluding hydrogens is 256 g/mol. The lowest BCUT2D eigenvalue weighted by Crippen LogP contribution is -2.23. The summed E-state index contributed by atoms with van der Waals surface area (Å²) in [5.74, 6) is 0.676. The molecule has 2 heteroatoms. The van der Waals surface area contributed by atoms with Crippen LogP contribution in [0.1, 0.15) is 49.3 Å². The van der Waals surface area contributed by atoms with Crippen molar-refractivity contribution >= 4 is 0 Å². The first-order valence-corrected chi connectivity index (χ1v) is 7.86. The molecule has 0 saturated carbocycles. The van der Waals surface area contributed by atoms with E-state index < -0.39 is 0 Å². The molecule has 1 unspecified atom stereocenters. The molecule has 0 aliphatic carbocycles. The smallest absolute Gasteiger partial charge is 0.0751 e. The highest BCUT2D eigenvalue weighted by Gasteiger charge is 2.15. The third-order valence-electron chi connectivity index (χ3n) is 3.54. The molecule has 2 aromatic rings. The lowest BCUT2D eigenvalue weighted by atomic mass is 9.96. The summed E-state index contributed by atoms with van der Waals surface area (Å²) < 4.78 is 0. The van der Waals surface area contributed by atoms with Gasteiger partial charge in [0, 0.05) is 5.69 Å². The highest BCUT2D eigenvalue weighted by Crippen LogP contribution is 2.22. The van der Waals surface area contributed by atoms with E-state index in [4.69, 9.17) is 4.98 Å². The van der Waals surface area contributed by atoms with Gasteiger partial charge in [-0.2, -0.15) is 0 Å². The Morgan fingerprint density at radius 1 is 1.10 bits per heavy atom. The first kappa shape index (κ1) is 15.7. The number of rotatable bonds is 6. The van der Waals surface area contributed by atoms with E-state index in [0.717, 1.165) is 24.4 Å². The summed E-state index contributed by atoms with van der Waals surface area (Å²) in [6, 6.07) is 15.3. The predicted molar refractivity (Wildman–Crippen MR) is 89.5 cm³/mol. The molecular formula is C19H26N2. The van der Waals surface area contributed by atoms with Crippen molar-refractivity contribution in [1.29, 1.82) is 0 Å². The van der Waals surface area contributed by atoms with Crippen molar-refractivity contribution in [3.8, 4) is 0 Å². The van der Waals surface area contributed by atoms with Crippen LogP contribution in [0.5, 0.6) is 0 Å². The molecule has 1 N–H and O–H groups in total. The van der Waals surface area contributed by atoms with Gasteiger partial charge in [-0.05, 0) is 49.1 Å². The molecule has 0 saturated heterocycles. The molecule has 0 spiro atoms. The van der Waals surface area contributed by atoms with Crippen molar-refractivity contribution in [3.63, 3.8) is 0 Å². The quantitative estimate of drug-likeness (QED) is 0.855. The number of nitrogens with zero attached hydrogens (tertiary/aromatic N) is 1. The molecule has 2 rings (SSSR count). The van der Waals surface area contributed by atoms with Gasteiger partial charge < -0.3 is 5.32 Å². The van der Waals surface area contributed by atoms with Crippen LogP contribution in [0.25, 0.3) is 0 Å². The summed E-state index contributed by atoms with van der Waals surface area (Å²) in [7, 11) is 0. The lowest BCUT2D eigenvalue weighted by molar-refractivity contribution is 0.610. The van der Waals surface area contributed by atoms with Crippen LogP contribution < -0.4 is 5.32 Å². The zero-order valence-electron chi connectivity index (χ0n) is 13.6. The molecule has 0 bridgehead atoms. The Bertz CT molecular complexity index is 575. The van der Waals surface area contributed by atoms with Crippen LogP contribution >= 0.6 is 0 Å². The Morgan fingerprint density at radius 3 is 2.52 bits per heavy atom. The summed E-state index contributed by atoms with van der Waals surface area (Å²) >= 11 is 0. The maximum atomic E-state index is 4.70. The number of aromatic nitrogens is 1. The molecule has 21 heavy (non-hydrogen) atoms. The second kappa shape index (κ2) is 7.37. The van der Waals surface area contributed by atoms with Crippen LogP contribution in [0.4, 0.5) is 0 Å². The number of aryl methyl sites for hydroxylation is 1. The van der Waals surface area contributed by atoms with Gasteiger partial charge in [0.25, 0.3) is 0 Å². The van der Waals surface area contributed by atoms with Gasteiger partial charge in [-0.1, -0.05) is 51.1 Å². The van der Waals surface area contributed by atoms with Gasteiger partial charge in [0.1, 0.15) is 0 Å². The zero-order valence-corrected chi connectivity index (χ0v) is 13.6. The number of hydrogen-bond acceptors (Lipinski definition) is 2. The lowest BCUT2D eigenvalue weighted by Gasteiger charge is -2.19. The number of pyridine rings is 1. The Hall–Kier alpha value is -1.67. The Kier molecular flexibility index (Phi) is 5.51. The molecule has 0 fully saturated rings. The second-order valence-corrected chi connectivity index (χ2v) is 6.04. The zero-order chi connectivity index (χ0) is 15.2. The molecule has 0 aliphatic heterocycles. The van der Waals surface area contributed by atoms with E-state index >= 15 is 0 Å². The fourth-order valence-electron chi connectivity index (χ4n) is 2.69. The summed E-state index contributed by atoms with van der Waals surface area (Å²) in [6.07, 6.45) is 1.12. The Labute approximate surface area is 128 Å². The molecule has 1 atom stereocenters. The van der Waals surface area contributed by atoms with Crippen LogP contribution in [0.3, 0.4) is 0 Å². The maximum absolute atomic E-state index is 4.70. The van der Waals surface area contributed by atoms with Crippen LogP contribution in [0.15, 0.2) is 42.5 Å². The minimum Gasteiger partial charge on any atom is -0.305 e. The summed E-state index contributed by atoms with van der Waals surface area (Å²) in [5.41, 5.74) is 4.86. The molecule has 0 aliphatic rings. The van der Waals surface area contributed by atoms with E-state index in [-0.39, 0.29) is 6.04 Å². The van der Waals surface area contributed by atoms with E-state index in [0.29, 0.717) is 5.92 Å². The average Bonchev–Trinajstić information content (AvgIpc) is 2.44. The van der Waals surface area contributed by atoms with Gasteiger partial charge in [-0.15, -0.1) is 0 Å². The third kappa shape index (κ3) is 4.40. The molecule has 2 nitrogen and oxygen atoms in total. The largest absolute Gasteiger partial charge is 0.305 e. The van der Waals surface area contributed by atoms with Gasteiger partial charge in [-0.25, -0.2) is 0 Å². The number of nitrogens with one attached hydrogen (secondary N) is 1. The van der Waals surface area contributed by atoms with Crippen molar-refractivity contribution in [2.45, 2.75) is 40.2 Å². The van der Waals surface area contributed by atoms with Crippen molar-refractivity contribution in [2.24, 2.45) is 5.92 Å². The summed E-state index contributed by atoms with van der Waals surface area (Å²) in [6.45, 7) is 9.63. The van der Waals surface area contributed by atoms with Gasteiger partial charge in [0.15, 0.2) is 0 Å². The molecule has 0 radical (unpaired) electrons. The van der Waals surface area contributed by atoms with E-state index in [1.165, 1.54) is 11.1 Å².